The Morgan fingerprint density at radius 3 is 2.60 bits per heavy atom. The topological polar surface area (TPSA) is 46.2 Å². The number of hydrogen-bond donors (Lipinski definition) is 1. The van der Waals surface area contributed by atoms with Gasteiger partial charge < -0.3 is 5.32 Å². The molecule has 2 unspecified atom stereocenters. The fraction of sp³-hybridized carbons (Fsp3) is 0.571. The quantitative estimate of drug-likeness (QED) is 0.840. The Balaban J connectivity index is 2.97. The molecule has 114 valence electrons. The van der Waals surface area contributed by atoms with Crippen LogP contribution in [0.2, 0.25) is 5.02 Å². The van der Waals surface area contributed by atoms with Gasteiger partial charge in [-0.3, -0.25) is 0 Å². The third kappa shape index (κ3) is 4.72. The van der Waals surface area contributed by atoms with Crippen LogP contribution in [0.3, 0.4) is 0 Å². The number of rotatable bonds is 7. The molecular formula is C14H21ClFNO2S. The van der Waals surface area contributed by atoms with E-state index in [2.05, 4.69) is 5.32 Å². The summed E-state index contributed by atoms with van der Waals surface area (Å²) in [4.78, 5) is 0. The van der Waals surface area contributed by atoms with Crippen molar-refractivity contribution in [1.29, 1.82) is 0 Å². The molecule has 1 aromatic carbocycles. The summed E-state index contributed by atoms with van der Waals surface area (Å²) in [5.74, 6) is -0.481. The lowest BCUT2D eigenvalue weighted by Gasteiger charge is -2.24. The highest BCUT2D eigenvalue weighted by atomic mass is 35.5. The van der Waals surface area contributed by atoms with E-state index in [1.165, 1.54) is 12.3 Å². The first-order valence-electron chi connectivity index (χ1n) is 6.62. The minimum Gasteiger partial charge on any atom is -0.312 e. The van der Waals surface area contributed by atoms with E-state index < -0.39 is 20.9 Å². The van der Waals surface area contributed by atoms with Gasteiger partial charge in [0.25, 0.3) is 0 Å². The van der Waals surface area contributed by atoms with Crippen molar-refractivity contribution in [2.45, 2.75) is 38.0 Å². The highest BCUT2D eigenvalue weighted by Gasteiger charge is 2.26. The Morgan fingerprint density at radius 2 is 2.05 bits per heavy atom. The van der Waals surface area contributed by atoms with E-state index in [4.69, 9.17) is 11.6 Å². The SMILES string of the molecule is CCCNC(Cc1cccc(F)c1Cl)C(C)S(C)(=O)=O. The Kier molecular flexibility index (Phi) is 6.43. The van der Waals surface area contributed by atoms with Crippen molar-refractivity contribution < 1.29 is 12.8 Å². The lowest BCUT2D eigenvalue weighted by atomic mass is 10.0. The predicted molar refractivity (Wildman–Crippen MR) is 81.5 cm³/mol. The van der Waals surface area contributed by atoms with E-state index in [9.17, 15) is 12.8 Å². The van der Waals surface area contributed by atoms with Crippen LogP contribution in [0, 0.1) is 5.82 Å². The van der Waals surface area contributed by atoms with Crippen LogP contribution in [0.4, 0.5) is 4.39 Å². The molecule has 0 heterocycles. The molecular weight excluding hydrogens is 301 g/mol. The van der Waals surface area contributed by atoms with Gasteiger partial charge in [-0.15, -0.1) is 0 Å². The maximum absolute atomic E-state index is 13.4. The molecule has 1 aromatic rings. The van der Waals surface area contributed by atoms with Crippen LogP contribution < -0.4 is 5.32 Å². The fourth-order valence-corrected chi connectivity index (χ4v) is 2.97. The average Bonchev–Trinajstić information content (AvgIpc) is 2.37. The molecule has 1 rings (SSSR count). The zero-order chi connectivity index (χ0) is 15.3. The van der Waals surface area contributed by atoms with E-state index in [1.54, 1.807) is 19.1 Å². The maximum atomic E-state index is 13.4. The van der Waals surface area contributed by atoms with Crippen molar-refractivity contribution in [2.24, 2.45) is 0 Å². The van der Waals surface area contributed by atoms with E-state index in [0.29, 0.717) is 18.5 Å². The molecule has 2 atom stereocenters. The zero-order valence-electron chi connectivity index (χ0n) is 12.0. The number of nitrogens with one attached hydrogen (secondary N) is 1. The fourth-order valence-electron chi connectivity index (χ4n) is 1.98. The number of hydrogen-bond acceptors (Lipinski definition) is 3. The van der Waals surface area contributed by atoms with E-state index in [0.717, 1.165) is 6.42 Å². The molecule has 0 radical (unpaired) electrons. The molecule has 0 saturated carbocycles. The number of halogens is 2. The number of benzene rings is 1. The summed E-state index contributed by atoms with van der Waals surface area (Å²) in [6, 6.07) is 4.31. The van der Waals surface area contributed by atoms with Gasteiger partial charge in [0, 0.05) is 12.3 Å². The van der Waals surface area contributed by atoms with Crippen molar-refractivity contribution in [1.82, 2.24) is 5.32 Å². The molecule has 3 nitrogen and oxygen atoms in total. The highest BCUT2D eigenvalue weighted by Crippen LogP contribution is 2.22. The smallest absolute Gasteiger partial charge is 0.151 e. The lowest BCUT2D eigenvalue weighted by Crippen LogP contribution is -2.44. The first-order valence-corrected chi connectivity index (χ1v) is 8.95. The lowest BCUT2D eigenvalue weighted by molar-refractivity contribution is 0.481. The van der Waals surface area contributed by atoms with Crippen molar-refractivity contribution in [3.05, 3.63) is 34.6 Å². The minimum atomic E-state index is -3.17. The van der Waals surface area contributed by atoms with Gasteiger partial charge in [-0.1, -0.05) is 30.7 Å². The molecule has 0 fully saturated rings. The molecule has 6 heteroatoms. The third-order valence-corrected chi connectivity index (χ3v) is 5.47. The van der Waals surface area contributed by atoms with Gasteiger partial charge in [0.2, 0.25) is 0 Å². The minimum absolute atomic E-state index is 0.0662. The molecule has 0 amide bonds. The summed E-state index contributed by atoms with van der Waals surface area (Å²) in [5.41, 5.74) is 0.621. The number of sulfone groups is 1. The molecule has 0 saturated heterocycles. The van der Waals surface area contributed by atoms with Gasteiger partial charge in [0.15, 0.2) is 9.84 Å². The molecule has 20 heavy (non-hydrogen) atoms. The molecule has 1 N–H and O–H groups in total. The second-order valence-corrected chi connectivity index (χ2v) is 7.79. The van der Waals surface area contributed by atoms with Crippen LogP contribution in [0.5, 0.6) is 0 Å². The monoisotopic (exact) mass is 321 g/mol. The summed E-state index contributed by atoms with van der Waals surface area (Å²) in [6.07, 6.45) is 2.49. The summed E-state index contributed by atoms with van der Waals surface area (Å²) in [7, 11) is -3.17. The van der Waals surface area contributed by atoms with Crippen molar-refractivity contribution >= 4 is 21.4 Å². The molecule has 0 aromatic heterocycles. The molecule has 0 spiro atoms. The maximum Gasteiger partial charge on any atom is 0.151 e. The van der Waals surface area contributed by atoms with Gasteiger partial charge >= 0.3 is 0 Å². The Hall–Kier alpha value is -0.650. The summed E-state index contributed by atoms with van der Waals surface area (Å²) in [5, 5.41) is 2.72. The van der Waals surface area contributed by atoms with E-state index >= 15 is 0 Å². The summed E-state index contributed by atoms with van der Waals surface area (Å²) in [6.45, 7) is 4.37. The second-order valence-electron chi connectivity index (χ2n) is 5.01. The van der Waals surface area contributed by atoms with Gasteiger partial charge in [0.05, 0.1) is 10.3 Å². The van der Waals surface area contributed by atoms with Crippen LogP contribution in [0.1, 0.15) is 25.8 Å². The van der Waals surface area contributed by atoms with Crippen LogP contribution in [0.25, 0.3) is 0 Å². The third-order valence-electron chi connectivity index (χ3n) is 3.37. The van der Waals surface area contributed by atoms with Gasteiger partial charge in [-0.25, -0.2) is 12.8 Å². The molecule has 0 aliphatic carbocycles. The largest absolute Gasteiger partial charge is 0.312 e. The second kappa shape index (κ2) is 7.38. The van der Waals surface area contributed by atoms with E-state index in [1.807, 2.05) is 6.92 Å². The van der Waals surface area contributed by atoms with Crippen LogP contribution in [-0.4, -0.2) is 32.5 Å². The molecule has 0 bridgehead atoms. The first-order chi connectivity index (χ1) is 9.27. The van der Waals surface area contributed by atoms with Gasteiger partial charge in [-0.2, -0.15) is 0 Å². The standard InChI is InChI=1S/C14H21ClFNO2S/c1-4-8-17-13(10(2)20(3,18)19)9-11-6-5-7-12(16)14(11)15/h5-7,10,13,17H,4,8-9H2,1-3H3. The van der Waals surface area contributed by atoms with Crippen molar-refractivity contribution in [3.8, 4) is 0 Å². The summed E-state index contributed by atoms with van der Waals surface area (Å²) < 4.78 is 36.9. The van der Waals surface area contributed by atoms with Crippen molar-refractivity contribution in [2.75, 3.05) is 12.8 Å². The van der Waals surface area contributed by atoms with Crippen LogP contribution in [0.15, 0.2) is 18.2 Å². The summed E-state index contributed by atoms with van der Waals surface area (Å²) >= 11 is 5.94. The normalized spacial score (nSPS) is 15.1. The molecule has 0 aliphatic rings. The predicted octanol–water partition coefficient (Wildman–Crippen LogP) is 2.82. The Labute approximate surface area is 125 Å². The Bertz CT molecular complexity index is 548. The van der Waals surface area contributed by atoms with Crippen LogP contribution >= 0.6 is 11.6 Å². The van der Waals surface area contributed by atoms with Crippen molar-refractivity contribution in [3.63, 3.8) is 0 Å². The Morgan fingerprint density at radius 1 is 1.40 bits per heavy atom. The van der Waals surface area contributed by atoms with Gasteiger partial charge in [-0.05, 0) is 37.9 Å². The molecule has 0 aliphatic heterocycles. The zero-order valence-corrected chi connectivity index (χ0v) is 13.6. The van der Waals surface area contributed by atoms with Gasteiger partial charge in [0.1, 0.15) is 5.82 Å². The highest BCUT2D eigenvalue weighted by molar-refractivity contribution is 7.91. The average molecular weight is 322 g/mol. The van der Waals surface area contributed by atoms with Crippen LogP contribution in [-0.2, 0) is 16.3 Å². The van der Waals surface area contributed by atoms with E-state index in [-0.39, 0.29) is 11.1 Å². The first kappa shape index (κ1) is 17.4.